The van der Waals surface area contributed by atoms with E-state index in [0.717, 1.165) is 50.2 Å². The molecule has 0 atom stereocenters. The van der Waals surface area contributed by atoms with E-state index < -0.39 is 0 Å². The van der Waals surface area contributed by atoms with Gasteiger partial charge in [0.1, 0.15) is 0 Å². The number of nitrogens with zero attached hydrogens (tertiary/aromatic N) is 4. The maximum Gasteiger partial charge on any atom is 0.308 e. The fourth-order valence-corrected chi connectivity index (χ4v) is 2.54. The van der Waals surface area contributed by atoms with Gasteiger partial charge in [0.25, 0.3) is 0 Å². The van der Waals surface area contributed by atoms with Crippen LogP contribution >= 0.6 is 0 Å². The van der Waals surface area contributed by atoms with Crippen molar-refractivity contribution in [1.29, 1.82) is 0 Å². The van der Waals surface area contributed by atoms with Gasteiger partial charge in [-0.05, 0) is 25.7 Å². The summed E-state index contributed by atoms with van der Waals surface area (Å²) in [6, 6.07) is 0. The van der Waals surface area contributed by atoms with Gasteiger partial charge in [-0.15, -0.1) is 5.10 Å². The van der Waals surface area contributed by atoms with Crippen molar-refractivity contribution in [2.45, 2.75) is 39.5 Å². The van der Waals surface area contributed by atoms with Crippen molar-refractivity contribution in [3.8, 4) is 0 Å². The molecule has 1 saturated heterocycles. The Labute approximate surface area is 119 Å². The van der Waals surface area contributed by atoms with Crippen LogP contribution in [0.15, 0.2) is 0 Å². The predicted molar refractivity (Wildman–Crippen MR) is 75.5 cm³/mol. The molecule has 0 radical (unpaired) electrons. The van der Waals surface area contributed by atoms with Crippen molar-refractivity contribution in [2.75, 3.05) is 25.1 Å². The van der Waals surface area contributed by atoms with Crippen LogP contribution in [0.3, 0.4) is 0 Å². The average Bonchev–Trinajstić information content (AvgIpc) is 2.53. The van der Waals surface area contributed by atoms with Gasteiger partial charge in [-0.2, -0.15) is 5.10 Å². The van der Waals surface area contributed by atoms with Crippen LogP contribution in [0.4, 0.5) is 5.95 Å². The van der Waals surface area contributed by atoms with Crippen LogP contribution in [0.25, 0.3) is 0 Å². The highest BCUT2D eigenvalue weighted by Gasteiger charge is 2.27. The van der Waals surface area contributed by atoms with Gasteiger partial charge in [-0.25, -0.2) is 4.98 Å². The van der Waals surface area contributed by atoms with Crippen LogP contribution in [-0.2, 0) is 22.4 Å². The minimum atomic E-state index is -0.112. The smallest absolute Gasteiger partial charge is 0.308 e. The van der Waals surface area contributed by atoms with Gasteiger partial charge in [0, 0.05) is 13.1 Å². The summed E-state index contributed by atoms with van der Waals surface area (Å²) in [5.74, 6) is 0.575. The van der Waals surface area contributed by atoms with Gasteiger partial charge < -0.3 is 9.64 Å². The first-order chi connectivity index (χ1) is 9.69. The maximum atomic E-state index is 11.5. The Morgan fingerprint density at radius 3 is 2.40 bits per heavy atom. The number of hydrogen-bond donors (Lipinski definition) is 0. The van der Waals surface area contributed by atoms with Gasteiger partial charge in [0.15, 0.2) is 0 Å². The van der Waals surface area contributed by atoms with E-state index in [2.05, 4.69) is 33.9 Å². The van der Waals surface area contributed by atoms with E-state index in [9.17, 15) is 4.79 Å². The van der Waals surface area contributed by atoms with E-state index in [1.165, 1.54) is 7.11 Å². The molecule has 20 heavy (non-hydrogen) atoms. The second-order valence-electron chi connectivity index (χ2n) is 5.00. The molecule has 6 nitrogen and oxygen atoms in total. The Hall–Kier alpha value is -1.72. The summed E-state index contributed by atoms with van der Waals surface area (Å²) in [7, 11) is 1.44. The SMILES string of the molecule is CCc1nnc(N2CCC(C(=O)OC)CC2)nc1CC. The first kappa shape index (κ1) is 14.7. The van der Waals surface area contributed by atoms with Crippen molar-refractivity contribution in [3.05, 3.63) is 11.4 Å². The third kappa shape index (κ3) is 3.05. The molecule has 110 valence electrons. The molecule has 2 rings (SSSR count). The lowest BCUT2D eigenvalue weighted by molar-refractivity contribution is -0.146. The third-order valence-corrected chi connectivity index (χ3v) is 3.81. The van der Waals surface area contributed by atoms with Crippen molar-refractivity contribution in [2.24, 2.45) is 5.92 Å². The molecular weight excluding hydrogens is 256 g/mol. The van der Waals surface area contributed by atoms with Gasteiger partial charge in [0.05, 0.1) is 24.4 Å². The molecule has 1 aliphatic heterocycles. The molecule has 1 aromatic heterocycles. The summed E-state index contributed by atoms with van der Waals surface area (Å²) in [5, 5.41) is 8.49. The molecule has 6 heteroatoms. The largest absolute Gasteiger partial charge is 0.469 e. The lowest BCUT2D eigenvalue weighted by Gasteiger charge is -2.30. The normalized spacial score (nSPS) is 16.2. The number of carbonyl (C=O) groups is 1. The third-order valence-electron chi connectivity index (χ3n) is 3.81. The topological polar surface area (TPSA) is 68.2 Å². The number of methoxy groups -OCH3 is 1. The molecule has 0 aliphatic carbocycles. The molecule has 1 aliphatic rings. The molecule has 2 heterocycles. The lowest BCUT2D eigenvalue weighted by atomic mass is 9.97. The van der Waals surface area contributed by atoms with Crippen molar-refractivity contribution in [1.82, 2.24) is 15.2 Å². The maximum absolute atomic E-state index is 11.5. The summed E-state index contributed by atoms with van der Waals surface area (Å²) in [6.07, 6.45) is 3.29. The van der Waals surface area contributed by atoms with Crippen LogP contribution in [0.1, 0.15) is 38.1 Å². The first-order valence-electron chi connectivity index (χ1n) is 7.24. The van der Waals surface area contributed by atoms with Crippen LogP contribution in [0.5, 0.6) is 0 Å². The van der Waals surface area contributed by atoms with Gasteiger partial charge in [-0.1, -0.05) is 13.8 Å². The molecule has 0 spiro atoms. The van der Waals surface area contributed by atoms with Gasteiger partial charge in [-0.3, -0.25) is 4.79 Å². The Morgan fingerprint density at radius 1 is 1.20 bits per heavy atom. The number of aromatic nitrogens is 3. The summed E-state index contributed by atoms with van der Waals surface area (Å²) in [4.78, 5) is 18.2. The number of carbonyl (C=O) groups excluding carboxylic acids is 1. The first-order valence-corrected chi connectivity index (χ1v) is 7.24. The Bertz CT molecular complexity index is 470. The highest BCUT2D eigenvalue weighted by molar-refractivity contribution is 5.72. The Balaban J connectivity index is 2.05. The zero-order chi connectivity index (χ0) is 14.5. The summed E-state index contributed by atoms with van der Waals surface area (Å²) < 4.78 is 4.80. The van der Waals surface area contributed by atoms with Crippen LogP contribution < -0.4 is 4.90 Å². The van der Waals surface area contributed by atoms with E-state index in [-0.39, 0.29) is 11.9 Å². The molecule has 0 bridgehead atoms. The predicted octanol–water partition coefficient (Wildman–Crippen LogP) is 1.39. The quantitative estimate of drug-likeness (QED) is 0.775. The standard InChI is InChI=1S/C14H22N4O2/c1-4-11-12(5-2)16-17-14(15-11)18-8-6-10(7-9-18)13(19)20-3/h10H,4-9H2,1-3H3. The summed E-state index contributed by atoms with van der Waals surface area (Å²) in [6.45, 7) is 5.69. The second-order valence-corrected chi connectivity index (χ2v) is 5.00. The van der Waals surface area contributed by atoms with E-state index in [1.807, 2.05) is 0 Å². The monoisotopic (exact) mass is 278 g/mol. The number of anilines is 1. The lowest BCUT2D eigenvalue weighted by Crippen LogP contribution is -2.38. The number of rotatable bonds is 4. The van der Waals surface area contributed by atoms with E-state index >= 15 is 0 Å². The zero-order valence-electron chi connectivity index (χ0n) is 12.4. The van der Waals surface area contributed by atoms with E-state index in [4.69, 9.17) is 4.74 Å². The molecule has 0 unspecified atom stereocenters. The molecule has 1 fully saturated rings. The minimum absolute atomic E-state index is 0.00442. The van der Waals surface area contributed by atoms with Crippen LogP contribution in [0.2, 0.25) is 0 Å². The molecule has 1 aromatic rings. The number of esters is 1. The zero-order valence-corrected chi connectivity index (χ0v) is 12.4. The fraction of sp³-hybridized carbons (Fsp3) is 0.714. The molecule has 0 amide bonds. The number of hydrogen-bond acceptors (Lipinski definition) is 6. The van der Waals surface area contributed by atoms with E-state index in [0.29, 0.717) is 5.95 Å². The molecule has 0 N–H and O–H groups in total. The van der Waals surface area contributed by atoms with Crippen molar-refractivity contribution < 1.29 is 9.53 Å². The highest BCUT2D eigenvalue weighted by atomic mass is 16.5. The summed E-state index contributed by atoms with van der Waals surface area (Å²) in [5.41, 5.74) is 1.99. The average molecular weight is 278 g/mol. The fourth-order valence-electron chi connectivity index (χ4n) is 2.54. The molecular formula is C14H22N4O2. The van der Waals surface area contributed by atoms with E-state index in [1.54, 1.807) is 0 Å². The van der Waals surface area contributed by atoms with Crippen LogP contribution in [0, 0.1) is 5.92 Å². The van der Waals surface area contributed by atoms with Crippen LogP contribution in [-0.4, -0.2) is 41.3 Å². The van der Waals surface area contributed by atoms with Crippen molar-refractivity contribution >= 4 is 11.9 Å². The minimum Gasteiger partial charge on any atom is -0.469 e. The molecule has 0 saturated carbocycles. The van der Waals surface area contributed by atoms with Crippen molar-refractivity contribution in [3.63, 3.8) is 0 Å². The Kier molecular flexibility index (Phi) is 4.87. The van der Waals surface area contributed by atoms with Gasteiger partial charge in [0.2, 0.25) is 5.95 Å². The summed E-state index contributed by atoms with van der Waals surface area (Å²) >= 11 is 0. The van der Waals surface area contributed by atoms with Gasteiger partial charge >= 0.3 is 5.97 Å². The highest BCUT2D eigenvalue weighted by Crippen LogP contribution is 2.21. The number of aryl methyl sites for hydroxylation is 2. The molecule has 0 aromatic carbocycles. The second kappa shape index (κ2) is 6.63. The Morgan fingerprint density at radius 2 is 1.85 bits per heavy atom. The number of ether oxygens (including phenoxy) is 1. The number of piperidine rings is 1.